The van der Waals surface area contributed by atoms with Gasteiger partial charge < -0.3 is 24.9 Å². The van der Waals surface area contributed by atoms with E-state index in [9.17, 15) is 24.5 Å². The SMILES string of the molecule is C/C=C/CC/C=C/CC/C=C/CCCC(O)C(O)C(COP(=O)(O)OCC[N+](C)(C)C)NC(=O)CCCCCCC/C=C\CCCCCCC. The van der Waals surface area contributed by atoms with Gasteiger partial charge in [-0.1, -0.05) is 100 Å². The highest BCUT2D eigenvalue weighted by Gasteiger charge is 2.31. The lowest BCUT2D eigenvalue weighted by molar-refractivity contribution is -0.870. The van der Waals surface area contributed by atoms with Gasteiger partial charge in [0.25, 0.3) is 0 Å². The van der Waals surface area contributed by atoms with Crippen molar-refractivity contribution in [3.63, 3.8) is 0 Å². The molecule has 0 bridgehead atoms. The molecule has 4 unspecified atom stereocenters. The molecule has 4 N–H and O–H groups in total. The molecule has 0 aliphatic rings. The first-order valence-corrected chi connectivity index (χ1v) is 21.0. The van der Waals surface area contributed by atoms with Crippen LogP contribution in [0.5, 0.6) is 0 Å². The highest BCUT2D eigenvalue weighted by molar-refractivity contribution is 7.47. The molecule has 0 fully saturated rings. The van der Waals surface area contributed by atoms with Crippen molar-refractivity contribution < 1.29 is 38.0 Å². The van der Waals surface area contributed by atoms with Crippen LogP contribution in [-0.4, -0.2) is 84.6 Å². The van der Waals surface area contributed by atoms with Crippen molar-refractivity contribution in [2.24, 2.45) is 0 Å². The molecule has 9 nitrogen and oxygen atoms in total. The van der Waals surface area contributed by atoms with Crippen LogP contribution >= 0.6 is 7.82 Å². The second kappa shape index (κ2) is 32.1. The Morgan fingerprint density at radius 3 is 1.78 bits per heavy atom. The second-order valence-corrected chi connectivity index (χ2v) is 15.9. The summed E-state index contributed by atoms with van der Waals surface area (Å²) in [5.41, 5.74) is 0. The van der Waals surface area contributed by atoms with E-state index in [1.54, 1.807) is 0 Å². The predicted molar refractivity (Wildman–Crippen MR) is 209 cm³/mol. The number of phosphoric ester groups is 1. The van der Waals surface area contributed by atoms with E-state index < -0.39 is 32.7 Å². The van der Waals surface area contributed by atoms with E-state index in [2.05, 4.69) is 60.8 Å². The lowest BCUT2D eigenvalue weighted by atomic mass is 10.0. The van der Waals surface area contributed by atoms with Gasteiger partial charge in [0.1, 0.15) is 19.3 Å². The molecule has 0 heterocycles. The lowest BCUT2D eigenvalue weighted by Gasteiger charge is -2.28. The zero-order valence-corrected chi connectivity index (χ0v) is 33.4. The van der Waals surface area contributed by atoms with Crippen molar-refractivity contribution in [2.45, 2.75) is 161 Å². The van der Waals surface area contributed by atoms with Gasteiger partial charge in [0, 0.05) is 6.42 Å². The summed E-state index contributed by atoms with van der Waals surface area (Å²) in [6, 6.07) is -1.06. The van der Waals surface area contributed by atoms with E-state index in [0.29, 0.717) is 30.3 Å². The third-order valence-corrected chi connectivity index (χ3v) is 9.43. The number of aliphatic hydroxyl groups is 2. The number of likely N-dealkylation sites (N-methyl/N-ethyl adjacent to an activating group) is 1. The molecule has 0 saturated heterocycles. The van der Waals surface area contributed by atoms with Crippen LogP contribution in [0.15, 0.2) is 48.6 Å². The molecular formula is C40H76N2O7P+. The van der Waals surface area contributed by atoms with Crippen LogP contribution < -0.4 is 5.32 Å². The maximum Gasteiger partial charge on any atom is 0.472 e. The van der Waals surface area contributed by atoms with Crippen molar-refractivity contribution in [3.8, 4) is 0 Å². The standard InChI is InChI=1S/C40H75N2O7P/c1-6-8-10-12-14-16-18-20-21-23-25-27-29-31-33-39(44)41-37(36-49-50(46,47)48-35-34-42(3,4)5)40(45)38(43)32-30-28-26-24-22-19-17-15-13-11-9-7-2/h7,9,15,17-18,20,24,26,37-38,40,43,45H,6,8,10-14,16,19,21-23,25,27-36H2,1-5H3,(H-,41,44,46,47)/p+1/b9-7+,17-15+,20-18-,26-24+. The minimum absolute atomic E-state index is 0.00918. The summed E-state index contributed by atoms with van der Waals surface area (Å²) in [5.74, 6) is -0.288. The second-order valence-electron chi connectivity index (χ2n) is 14.4. The van der Waals surface area contributed by atoms with Crippen molar-refractivity contribution in [1.82, 2.24) is 5.32 Å². The lowest BCUT2D eigenvalue weighted by Crippen LogP contribution is -2.51. The Hall–Kier alpha value is -1.58. The smallest absolute Gasteiger partial charge is 0.390 e. The third kappa shape index (κ3) is 32.3. The van der Waals surface area contributed by atoms with Crippen LogP contribution in [0.2, 0.25) is 0 Å². The average Bonchev–Trinajstić information content (AvgIpc) is 3.06. The summed E-state index contributed by atoms with van der Waals surface area (Å²) in [4.78, 5) is 23.0. The summed E-state index contributed by atoms with van der Waals surface area (Å²) < 4.78 is 23.4. The Balaban J connectivity index is 4.69. The molecule has 10 heteroatoms. The number of amides is 1. The molecule has 0 aromatic carbocycles. The normalized spacial score (nSPS) is 15.8. The molecule has 4 atom stereocenters. The first kappa shape index (κ1) is 48.4. The molecule has 0 aliphatic carbocycles. The quantitative estimate of drug-likeness (QED) is 0.0226. The van der Waals surface area contributed by atoms with Crippen molar-refractivity contribution in [2.75, 3.05) is 40.9 Å². The average molecular weight is 728 g/mol. The zero-order valence-electron chi connectivity index (χ0n) is 32.5. The number of unbranched alkanes of at least 4 members (excludes halogenated alkanes) is 13. The number of carbonyl (C=O) groups is 1. The highest BCUT2D eigenvalue weighted by atomic mass is 31.2. The van der Waals surface area contributed by atoms with Gasteiger partial charge >= 0.3 is 7.82 Å². The topological polar surface area (TPSA) is 125 Å². The summed E-state index contributed by atoms with van der Waals surface area (Å²) in [6.45, 7) is 4.31. The van der Waals surface area contributed by atoms with Crippen LogP contribution in [0, 0.1) is 0 Å². The van der Waals surface area contributed by atoms with E-state index in [1.165, 1.54) is 38.5 Å². The van der Waals surface area contributed by atoms with E-state index in [0.717, 1.165) is 64.2 Å². The van der Waals surface area contributed by atoms with Crippen LogP contribution in [0.25, 0.3) is 0 Å². The first-order chi connectivity index (χ1) is 23.9. The summed E-state index contributed by atoms with van der Waals surface area (Å²) in [7, 11) is 1.39. The molecule has 0 rings (SSSR count). The first-order valence-electron chi connectivity index (χ1n) is 19.6. The molecule has 292 valence electrons. The number of hydrogen-bond acceptors (Lipinski definition) is 6. The molecule has 0 saturated carbocycles. The monoisotopic (exact) mass is 728 g/mol. The van der Waals surface area contributed by atoms with E-state index in [-0.39, 0.29) is 18.9 Å². The molecule has 1 amide bonds. The number of quaternary nitrogens is 1. The van der Waals surface area contributed by atoms with Crippen LogP contribution in [0.1, 0.15) is 142 Å². The van der Waals surface area contributed by atoms with E-state index in [1.807, 2.05) is 28.1 Å². The fraction of sp³-hybridized carbons (Fsp3) is 0.775. The number of nitrogens with one attached hydrogen (secondary N) is 1. The van der Waals surface area contributed by atoms with E-state index in [4.69, 9.17) is 9.05 Å². The van der Waals surface area contributed by atoms with Gasteiger partial charge in [0.2, 0.25) is 5.91 Å². The summed E-state index contributed by atoms with van der Waals surface area (Å²) >= 11 is 0. The van der Waals surface area contributed by atoms with Gasteiger partial charge in [-0.15, -0.1) is 0 Å². The van der Waals surface area contributed by atoms with Gasteiger partial charge in [-0.3, -0.25) is 13.8 Å². The Bertz CT molecular complexity index is 977. The van der Waals surface area contributed by atoms with Crippen molar-refractivity contribution in [3.05, 3.63) is 48.6 Å². The number of phosphoric acid groups is 1. The Morgan fingerprint density at radius 1 is 0.720 bits per heavy atom. The van der Waals surface area contributed by atoms with Crippen molar-refractivity contribution in [1.29, 1.82) is 0 Å². The maximum absolute atomic E-state index is 12.8. The Labute approximate surface area is 306 Å². The number of aliphatic hydroxyl groups excluding tert-OH is 2. The molecule has 0 aromatic rings. The van der Waals surface area contributed by atoms with Gasteiger partial charge in [-0.25, -0.2) is 4.57 Å². The van der Waals surface area contributed by atoms with E-state index >= 15 is 0 Å². The maximum atomic E-state index is 12.8. The number of carbonyl (C=O) groups excluding carboxylic acids is 1. The number of rotatable bonds is 34. The van der Waals surface area contributed by atoms with Gasteiger partial charge in [0.05, 0.1) is 39.9 Å². The van der Waals surface area contributed by atoms with Crippen LogP contribution in [0.4, 0.5) is 0 Å². The van der Waals surface area contributed by atoms with Crippen LogP contribution in [-0.2, 0) is 18.4 Å². The number of hydrogen-bond donors (Lipinski definition) is 4. The zero-order chi connectivity index (χ0) is 37.4. The number of nitrogens with zero attached hydrogens (tertiary/aromatic N) is 1. The van der Waals surface area contributed by atoms with Crippen LogP contribution in [0.3, 0.4) is 0 Å². The predicted octanol–water partition coefficient (Wildman–Crippen LogP) is 9.10. The summed E-state index contributed by atoms with van der Waals surface area (Å²) in [6.07, 6.45) is 34.7. The minimum atomic E-state index is -4.42. The fourth-order valence-electron chi connectivity index (χ4n) is 5.23. The van der Waals surface area contributed by atoms with Crippen molar-refractivity contribution >= 4 is 13.7 Å². The minimum Gasteiger partial charge on any atom is -0.390 e. The summed E-state index contributed by atoms with van der Waals surface area (Å²) in [5, 5.41) is 24.5. The Morgan fingerprint density at radius 2 is 1.22 bits per heavy atom. The van der Waals surface area contributed by atoms with Gasteiger partial charge in [-0.2, -0.15) is 0 Å². The molecule has 0 spiro atoms. The number of allylic oxidation sites excluding steroid dienone is 8. The molecule has 50 heavy (non-hydrogen) atoms. The highest BCUT2D eigenvalue weighted by Crippen LogP contribution is 2.43. The van der Waals surface area contributed by atoms with Gasteiger partial charge in [0.15, 0.2) is 0 Å². The van der Waals surface area contributed by atoms with Gasteiger partial charge in [-0.05, 0) is 84.0 Å². The molecule has 0 radical (unpaired) electrons. The molecule has 0 aromatic heterocycles. The molecule has 0 aliphatic heterocycles. The Kier molecular flexibility index (Phi) is 31.1. The third-order valence-electron chi connectivity index (χ3n) is 8.44. The largest absolute Gasteiger partial charge is 0.472 e. The molecular weight excluding hydrogens is 651 g/mol. The fourth-order valence-corrected chi connectivity index (χ4v) is 5.97.